The third kappa shape index (κ3) is 2.82. The summed E-state index contributed by atoms with van der Waals surface area (Å²) in [5.41, 5.74) is 3.07. The van der Waals surface area contributed by atoms with Gasteiger partial charge in [-0.2, -0.15) is 0 Å². The van der Waals surface area contributed by atoms with Gasteiger partial charge in [-0.05, 0) is 66.0 Å². The number of hydrogen-bond acceptors (Lipinski definition) is 2. The van der Waals surface area contributed by atoms with Gasteiger partial charge in [0.25, 0.3) is 5.91 Å². The van der Waals surface area contributed by atoms with Gasteiger partial charge in [-0.15, -0.1) is 11.3 Å². The van der Waals surface area contributed by atoms with Gasteiger partial charge in [0.1, 0.15) is 0 Å². The van der Waals surface area contributed by atoms with Crippen molar-refractivity contribution in [3.8, 4) is 0 Å². The van der Waals surface area contributed by atoms with E-state index in [-0.39, 0.29) is 5.91 Å². The second-order valence-corrected chi connectivity index (χ2v) is 6.45. The van der Waals surface area contributed by atoms with Crippen LogP contribution in [0.15, 0.2) is 28.7 Å². The van der Waals surface area contributed by atoms with Crippen molar-refractivity contribution in [3.05, 3.63) is 49.6 Å². The van der Waals surface area contributed by atoms with Gasteiger partial charge in [0.05, 0.1) is 10.6 Å². The van der Waals surface area contributed by atoms with Crippen molar-refractivity contribution >= 4 is 38.9 Å². The van der Waals surface area contributed by atoms with E-state index in [4.69, 9.17) is 0 Å². The lowest BCUT2D eigenvalue weighted by atomic mass is 10.1. The molecule has 2 aromatic rings. The predicted octanol–water partition coefficient (Wildman–Crippen LogP) is 4.69. The van der Waals surface area contributed by atoms with Crippen LogP contribution in [-0.4, -0.2) is 5.91 Å². The maximum absolute atomic E-state index is 12.1. The van der Waals surface area contributed by atoms with Crippen molar-refractivity contribution in [2.75, 3.05) is 5.32 Å². The molecule has 1 aromatic heterocycles. The number of rotatable bonds is 2. The van der Waals surface area contributed by atoms with E-state index in [0.29, 0.717) is 0 Å². The van der Waals surface area contributed by atoms with Gasteiger partial charge in [0.2, 0.25) is 0 Å². The first-order chi connectivity index (χ1) is 8.47. The summed E-state index contributed by atoms with van der Waals surface area (Å²) in [5.74, 6) is -0.0549. The van der Waals surface area contributed by atoms with E-state index in [9.17, 15) is 4.79 Å². The molecular formula is C14H14BrNOS. The van der Waals surface area contributed by atoms with Crippen LogP contribution < -0.4 is 5.32 Å². The van der Waals surface area contributed by atoms with E-state index < -0.39 is 0 Å². The van der Waals surface area contributed by atoms with Crippen molar-refractivity contribution in [1.29, 1.82) is 0 Å². The highest BCUT2D eigenvalue weighted by molar-refractivity contribution is 9.10. The van der Waals surface area contributed by atoms with E-state index in [0.717, 1.165) is 25.5 Å². The minimum Gasteiger partial charge on any atom is -0.320 e. The second kappa shape index (κ2) is 5.24. The third-order valence-corrected chi connectivity index (χ3v) is 4.26. The number of carbonyl (C=O) groups is 1. The maximum Gasteiger partial charge on any atom is 0.265 e. The van der Waals surface area contributed by atoms with E-state index in [1.807, 2.05) is 39.0 Å². The maximum atomic E-state index is 12.1. The van der Waals surface area contributed by atoms with Crippen LogP contribution in [-0.2, 0) is 0 Å². The zero-order valence-electron chi connectivity index (χ0n) is 10.5. The monoisotopic (exact) mass is 323 g/mol. The molecule has 0 fully saturated rings. The van der Waals surface area contributed by atoms with E-state index in [2.05, 4.69) is 27.3 Å². The third-order valence-electron chi connectivity index (χ3n) is 2.63. The van der Waals surface area contributed by atoms with Gasteiger partial charge in [-0.3, -0.25) is 4.79 Å². The molecule has 2 rings (SSSR count). The lowest BCUT2D eigenvalue weighted by Crippen LogP contribution is -2.11. The standard InChI is InChI=1S/C14H14BrNOS/c1-8-6-9(2)13(11(15)7-8)16-14(17)12-5-4-10(3)18-12/h4-7H,1-3H3,(H,16,17). The molecule has 0 saturated heterocycles. The number of amides is 1. The average molecular weight is 324 g/mol. The summed E-state index contributed by atoms with van der Waals surface area (Å²) in [7, 11) is 0. The summed E-state index contributed by atoms with van der Waals surface area (Å²) in [6, 6.07) is 7.87. The number of aryl methyl sites for hydroxylation is 3. The SMILES string of the molecule is Cc1cc(C)c(NC(=O)c2ccc(C)s2)c(Br)c1. The molecule has 1 amide bonds. The van der Waals surface area contributed by atoms with Crippen LogP contribution in [0.4, 0.5) is 5.69 Å². The Balaban J connectivity index is 2.27. The van der Waals surface area contributed by atoms with Gasteiger partial charge < -0.3 is 5.32 Å². The summed E-state index contributed by atoms with van der Waals surface area (Å²) in [6.45, 7) is 6.02. The van der Waals surface area contributed by atoms with Crippen LogP contribution in [0.3, 0.4) is 0 Å². The fraction of sp³-hybridized carbons (Fsp3) is 0.214. The topological polar surface area (TPSA) is 29.1 Å². The number of nitrogens with one attached hydrogen (secondary N) is 1. The highest BCUT2D eigenvalue weighted by Crippen LogP contribution is 2.28. The number of anilines is 1. The zero-order valence-corrected chi connectivity index (χ0v) is 12.9. The molecule has 0 aliphatic rings. The summed E-state index contributed by atoms with van der Waals surface area (Å²) in [4.78, 5) is 14.0. The minimum absolute atomic E-state index is 0.0549. The summed E-state index contributed by atoms with van der Waals surface area (Å²) in [5, 5.41) is 2.96. The van der Waals surface area contributed by atoms with Crippen molar-refractivity contribution in [3.63, 3.8) is 0 Å². The molecule has 0 aliphatic carbocycles. The van der Waals surface area contributed by atoms with Crippen LogP contribution in [0.25, 0.3) is 0 Å². The molecule has 1 N–H and O–H groups in total. The molecule has 0 atom stereocenters. The van der Waals surface area contributed by atoms with Gasteiger partial charge in [0.15, 0.2) is 0 Å². The second-order valence-electron chi connectivity index (χ2n) is 4.30. The first kappa shape index (κ1) is 13.3. The molecule has 0 bridgehead atoms. The number of thiophene rings is 1. The highest BCUT2D eigenvalue weighted by atomic mass is 79.9. The Morgan fingerprint density at radius 3 is 2.50 bits per heavy atom. The van der Waals surface area contributed by atoms with Crippen LogP contribution >= 0.6 is 27.3 Å². The fourth-order valence-corrected chi connectivity index (χ4v) is 3.34. The number of halogens is 1. The number of benzene rings is 1. The zero-order chi connectivity index (χ0) is 13.3. The molecule has 0 unspecified atom stereocenters. The Morgan fingerprint density at radius 2 is 1.94 bits per heavy atom. The van der Waals surface area contributed by atoms with E-state index in [1.165, 1.54) is 16.9 Å². The lowest BCUT2D eigenvalue weighted by molar-refractivity contribution is 0.103. The molecule has 94 valence electrons. The van der Waals surface area contributed by atoms with Gasteiger partial charge in [-0.25, -0.2) is 0 Å². The quantitative estimate of drug-likeness (QED) is 0.853. The molecule has 0 saturated carbocycles. The van der Waals surface area contributed by atoms with Crippen molar-refractivity contribution < 1.29 is 4.79 Å². The summed E-state index contributed by atoms with van der Waals surface area (Å²) in [6.07, 6.45) is 0. The number of hydrogen-bond donors (Lipinski definition) is 1. The van der Waals surface area contributed by atoms with Gasteiger partial charge >= 0.3 is 0 Å². The highest BCUT2D eigenvalue weighted by Gasteiger charge is 2.12. The summed E-state index contributed by atoms with van der Waals surface area (Å²) >= 11 is 5.00. The first-order valence-electron chi connectivity index (χ1n) is 5.62. The van der Waals surface area contributed by atoms with Crippen LogP contribution in [0, 0.1) is 20.8 Å². The van der Waals surface area contributed by atoms with E-state index >= 15 is 0 Å². The first-order valence-corrected chi connectivity index (χ1v) is 7.23. The fourth-order valence-electron chi connectivity index (χ4n) is 1.81. The Bertz CT molecular complexity index is 581. The van der Waals surface area contributed by atoms with Crippen molar-refractivity contribution in [2.24, 2.45) is 0 Å². The lowest BCUT2D eigenvalue weighted by Gasteiger charge is -2.11. The van der Waals surface area contributed by atoms with E-state index in [1.54, 1.807) is 0 Å². The van der Waals surface area contributed by atoms with Crippen molar-refractivity contribution in [1.82, 2.24) is 0 Å². The molecule has 1 heterocycles. The minimum atomic E-state index is -0.0549. The molecule has 18 heavy (non-hydrogen) atoms. The number of carbonyl (C=O) groups excluding carboxylic acids is 1. The Labute approximate surface area is 119 Å². The smallest absolute Gasteiger partial charge is 0.265 e. The Morgan fingerprint density at radius 1 is 1.22 bits per heavy atom. The Hall–Kier alpha value is -1.13. The van der Waals surface area contributed by atoms with Crippen LogP contribution in [0.1, 0.15) is 25.7 Å². The average Bonchev–Trinajstić information content (AvgIpc) is 2.70. The summed E-state index contributed by atoms with van der Waals surface area (Å²) < 4.78 is 0.918. The molecule has 0 aliphatic heterocycles. The largest absolute Gasteiger partial charge is 0.320 e. The molecule has 2 nitrogen and oxygen atoms in total. The molecule has 1 aromatic carbocycles. The predicted molar refractivity (Wildman–Crippen MR) is 80.6 cm³/mol. The molecular weight excluding hydrogens is 310 g/mol. The van der Waals surface area contributed by atoms with Crippen LogP contribution in [0.5, 0.6) is 0 Å². The van der Waals surface area contributed by atoms with Gasteiger partial charge in [-0.1, -0.05) is 6.07 Å². The van der Waals surface area contributed by atoms with Crippen LogP contribution in [0.2, 0.25) is 0 Å². The Kier molecular flexibility index (Phi) is 3.88. The van der Waals surface area contributed by atoms with Crippen molar-refractivity contribution in [2.45, 2.75) is 20.8 Å². The van der Waals surface area contributed by atoms with Gasteiger partial charge in [0, 0.05) is 9.35 Å². The normalized spacial score (nSPS) is 10.4. The molecule has 4 heteroatoms. The molecule has 0 spiro atoms. The molecule has 0 radical (unpaired) electrons.